The molecule has 4 N–H and O–H groups in total. The molecule has 1 aromatic carbocycles. The molecule has 1 rings (SSSR count). The molecule has 2 atom stereocenters. The summed E-state index contributed by atoms with van der Waals surface area (Å²) >= 11 is 0. The zero-order valence-electron chi connectivity index (χ0n) is 10.3. The number of anilines is 1. The number of ether oxygens (including phenoxy) is 2. The van der Waals surface area contributed by atoms with Crippen molar-refractivity contribution in [2.24, 2.45) is 0 Å². The Morgan fingerprint density at radius 2 is 2.11 bits per heavy atom. The first-order chi connectivity index (χ1) is 8.51. The van der Waals surface area contributed by atoms with E-state index in [1.807, 2.05) is 0 Å². The van der Waals surface area contributed by atoms with Gasteiger partial charge >= 0.3 is 5.97 Å². The number of hydrogen-bond acceptors (Lipinski definition) is 6. The molecule has 0 saturated carbocycles. The summed E-state index contributed by atoms with van der Waals surface area (Å²) in [5.74, 6) is -0.511. The van der Waals surface area contributed by atoms with Crippen LogP contribution < -0.4 is 10.5 Å². The molecule has 0 aliphatic carbocycles. The maximum absolute atomic E-state index is 11.3. The summed E-state index contributed by atoms with van der Waals surface area (Å²) in [5, 5.41) is 19.5. The lowest BCUT2D eigenvalue weighted by Crippen LogP contribution is -2.29. The second-order valence-corrected chi connectivity index (χ2v) is 3.64. The summed E-state index contributed by atoms with van der Waals surface area (Å²) in [5.41, 5.74) is 6.35. The Morgan fingerprint density at radius 1 is 1.44 bits per heavy atom. The Balaban J connectivity index is 2.89. The van der Waals surface area contributed by atoms with E-state index in [1.54, 1.807) is 6.92 Å². The molecule has 1 aromatic rings. The van der Waals surface area contributed by atoms with Gasteiger partial charge in [-0.3, -0.25) is 0 Å². The summed E-state index contributed by atoms with van der Waals surface area (Å²) in [7, 11) is 1.43. The van der Waals surface area contributed by atoms with Crippen molar-refractivity contribution in [1.82, 2.24) is 0 Å². The Morgan fingerprint density at radius 3 is 2.67 bits per heavy atom. The van der Waals surface area contributed by atoms with Crippen LogP contribution in [0.25, 0.3) is 0 Å². The number of benzene rings is 1. The molecule has 6 heteroatoms. The van der Waals surface area contributed by atoms with E-state index in [4.69, 9.17) is 10.5 Å². The van der Waals surface area contributed by atoms with Gasteiger partial charge in [0.1, 0.15) is 11.9 Å². The van der Waals surface area contributed by atoms with Crippen LogP contribution in [0.1, 0.15) is 18.6 Å². The molecule has 0 bridgehead atoms. The lowest BCUT2D eigenvalue weighted by molar-refractivity contribution is -0.159. The third-order valence-electron chi connectivity index (χ3n) is 2.43. The topological polar surface area (TPSA) is 102 Å². The van der Waals surface area contributed by atoms with Crippen LogP contribution in [-0.2, 0) is 9.53 Å². The van der Waals surface area contributed by atoms with E-state index in [0.717, 1.165) is 0 Å². The fourth-order valence-electron chi connectivity index (χ4n) is 1.45. The van der Waals surface area contributed by atoms with Crippen molar-refractivity contribution in [1.29, 1.82) is 0 Å². The summed E-state index contributed by atoms with van der Waals surface area (Å²) < 4.78 is 9.61. The fourth-order valence-corrected chi connectivity index (χ4v) is 1.45. The fraction of sp³-hybridized carbons (Fsp3) is 0.417. The molecule has 0 amide bonds. The predicted octanol–water partition coefficient (Wildman–Crippen LogP) is 0.235. The number of hydrogen-bond donors (Lipinski definition) is 3. The van der Waals surface area contributed by atoms with Gasteiger partial charge in [0.15, 0.2) is 6.10 Å². The Hall–Kier alpha value is -1.79. The van der Waals surface area contributed by atoms with Gasteiger partial charge in [0, 0.05) is 0 Å². The van der Waals surface area contributed by atoms with Crippen LogP contribution >= 0.6 is 0 Å². The molecular weight excluding hydrogens is 238 g/mol. The van der Waals surface area contributed by atoms with Crippen molar-refractivity contribution in [3.8, 4) is 5.75 Å². The lowest BCUT2D eigenvalue weighted by atomic mass is 10.0. The Kier molecular flexibility index (Phi) is 4.94. The zero-order valence-corrected chi connectivity index (χ0v) is 10.3. The molecule has 0 spiro atoms. The number of rotatable bonds is 5. The van der Waals surface area contributed by atoms with E-state index in [0.29, 0.717) is 17.0 Å². The third kappa shape index (κ3) is 3.12. The molecule has 18 heavy (non-hydrogen) atoms. The van der Waals surface area contributed by atoms with Gasteiger partial charge in [-0.1, -0.05) is 6.07 Å². The molecule has 0 radical (unpaired) electrons. The van der Waals surface area contributed by atoms with Gasteiger partial charge in [-0.25, -0.2) is 4.79 Å². The number of carbonyl (C=O) groups excluding carboxylic acids is 1. The van der Waals surface area contributed by atoms with Crippen molar-refractivity contribution in [3.63, 3.8) is 0 Å². The first-order valence-electron chi connectivity index (χ1n) is 5.47. The molecular formula is C12H17NO5. The number of esters is 1. The van der Waals surface area contributed by atoms with Crippen molar-refractivity contribution in [3.05, 3.63) is 23.8 Å². The highest BCUT2D eigenvalue weighted by atomic mass is 16.5. The minimum Gasteiger partial charge on any atom is -0.495 e. The molecule has 0 heterocycles. The average Bonchev–Trinajstić information content (AvgIpc) is 2.38. The number of nitrogens with two attached hydrogens (primary N) is 1. The third-order valence-corrected chi connectivity index (χ3v) is 2.43. The molecule has 0 aliphatic rings. The van der Waals surface area contributed by atoms with Crippen molar-refractivity contribution < 1.29 is 24.5 Å². The van der Waals surface area contributed by atoms with Gasteiger partial charge in [-0.2, -0.15) is 0 Å². The molecule has 2 unspecified atom stereocenters. The van der Waals surface area contributed by atoms with Gasteiger partial charge in [-0.15, -0.1) is 0 Å². The van der Waals surface area contributed by atoms with Crippen molar-refractivity contribution in [2.75, 3.05) is 19.5 Å². The van der Waals surface area contributed by atoms with Gasteiger partial charge < -0.3 is 25.4 Å². The largest absolute Gasteiger partial charge is 0.495 e. The van der Waals surface area contributed by atoms with E-state index in [1.165, 1.54) is 25.3 Å². The average molecular weight is 255 g/mol. The van der Waals surface area contributed by atoms with Gasteiger partial charge in [-0.05, 0) is 24.6 Å². The summed E-state index contributed by atoms with van der Waals surface area (Å²) in [4.78, 5) is 11.3. The summed E-state index contributed by atoms with van der Waals surface area (Å²) in [6, 6.07) is 4.49. The Bertz CT molecular complexity index is 421. The summed E-state index contributed by atoms with van der Waals surface area (Å²) in [6.45, 7) is 1.75. The van der Waals surface area contributed by atoms with Crippen LogP contribution in [-0.4, -0.2) is 36.0 Å². The molecule has 0 aromatic heterocycles. The highest BCUT2D eigenvalue weighted by Crippen LogP contribution is 2.27. The van der Waals surface area contributed by atoms with Crippen LogP contribution in [0.15, 0.2) is 18.2 Å². The van der Waals surface area contributed by atoms with E-state index in [2.05, 4.69) is 4.74 Å². The van der Waals surface area contributed by atoms with Crippen LogP contribution in [0.4, 0.5) is 5.69 Å². The number of nitrogen functional groups attached to an aromatic ring is 1. The number of aliphatic hydroxyl groups excluding tert-OH is 2. The Labute approximate surface area is 105 Å². The minimum atomic E-state index is -1.64. The normalized spacial score (nSPS) is 13.8. The molecule has 0 fully saturated rings. The molecule has 100 valence electrons. The zero-order chi connectivity index (χ0) is 13.7. The van der Waals surface area contributed by atoms with Gasteiger partial charge in [0.25, 0.3) is 0 Å². The predicted molar refractivity (Wildman–Crippen MR) is 65.0 cm³/mol. The van der Waals surface area contributed by atoms with E-state index < -0.39 is 18.2 Å². The standard InChI is InChI=1S/C12H17NO5/c1-3-18-12(16)11(15)10(14)7-4-5-8(13)9(6-7)17-2/h4-6,10-11,14-15H,3,13H2,1-2H3. The first kappa shape index (κ1) is 14.3. The summed E-state index contributed by atoms with van der Waals surface area (Å²) in [6.07, 6.45) is -3.03. The smallest absolute Gasteiger partial charge is 0.338 e. The second kappa shape index (κ2) is 6.23. The van der Waals surface area contributed by atoms with Crippen LogP contribution in [0.3, 0.4) is 0 Å². The maximum atomic E-state index is 11.3. The highest BCUT2D eigenvalue weighted by Gasteiger charge is 2.27. The number of carbonyl (C=O) groups is 1. The molecule has 0 aliphatic heterocycles. The van der Waals surface area contributed by atoms with Gasteiger partial charge in [0.2, 0.25) is 0 Å². The van der Waals surface area contributed by atoms with Gasteiger partial charge in [0.05, 0.1) is 19.4 Å². The molecule has 6 nitrogen and oxygen atoms in total. The molecule has 0 saturated heterocycles. The van der Waals surface area contributed by atoms with E-state index in [9.17, 15) is 15.0 Å². The maximum Gasteiger partial charge on any atom is 0.338 e. The van der Waals surface area contributed by atoms with Crippen molar-refractivity contribution in [2.45, 2.75) is 19.1 Å². The van der Waals surface area contributed by atoms with Crippen LogP contribution in [0.2, 0.25) is 0 Å². The van der Waals surface area contributed by atoms with Crippen molar-refractivity contribution >= 4 is 11.7 Å². The number of methoxy groups -OCH3 is 1. The highest BCUT2D eigenvalue weighted by molar-refractivity contribution is 5.75. The quantitative estimate of drug-likeness (QED) is 0.514. The lowest BCUT2D eigenvalue weighted by Gasteiger charge is -2.17. The SMILES string of the molecule is CCOC(=O)C(O)C(O)c1ccc(N)c(OC)c1. The van der Waals surface area contributed by atoms with E-state index in [-0.39, 0.29) is 6.61 Å². The second-order valence-electron chi connectivity index (χ2n) is 3.64. The van der Waals surface area contributed by atoms with Crippen LogP contribution in [0.5, 0.6) is 5.75 Å². The van der Waals surface area contributed by atoms with E-state index >= 15 is 0 Å². The minimum absolute atomic E-state index is 0.133. The number of aliphatic hydroxyl groups is 2. The monoisotopic (exact) mass is 255 g/mol. The first-order valence-corrected chi connectivity index (χ1v) is 5.47. The van der Waals surface area contributed by atoms with Crippen LogP contribution in [0, 0.1) is 0 Å².